The van der Waals surface area contributed by atoms with Crippen molar-refractivity contribution in [3.8, 4) is 0 Å². The van der Waals surface area contributed by atoms with Crippen LogP contribution in [0.3, 0.4) is 0 Å². The van der Waals surface area contributed by atoms with E-state index in [0.29, 0.717) is 0 Å². The van der Waals surface area contributed by atoms with Crippen LogP contribution in [-0.2, 0) is 6.54 Å². The van der Waals surface area contributed by atoms with Gasteiger partial charge in [-0.05, 0) is 24.3 Å². The number of carbonyl (C=O) groups is 1. The lowest BCUT2D eigenvalue weighted by atomic mass is 10.1. The third-order valence-electron chi connectivity index (χ3n) is 2.40. The van der Waals surface area contributed by atoms with Crippen LogP contribution in [-0.4, -0.2) is 15.6 Å². The number of Topliss-reactive ketones (excluding diaryl/α,β-unsaturated/α-hetero) is 1. The van der Waals surface area contributed by atoms with Gasteiger partial charge in [-0.3, -0.25) is 9.59 Å². The van der Waals surface area contributed by atoms with Crippen molar-refractivity contribution in [3.05, 3.63) is 62.2 Å². The van der Waals surface area contributed by atoms with Crippen LogP contribution in [0.2, 0.25) is 10.0 Å². The van der Waals surface area contributed by atoms with Gasteiger partial charge in [0.2, 0.25) is 0 Å². The minimum Gasteiger partial charge on any atom is -0.292 e. The average Bonchev–Trinajstić information content (AvgIpc) is 2.40. The number of rotatable bonds is 3. The van der Waals surface area contributed by atoms with E-state index in [2.05, 4.69) is 5.10 Å². The summed E-state index contributed by atoms with van der Waals surface area (Å²) in [7, 11) is 0. The zero-order valence-electron chi connectivity index (χ0n) is 9.44. The highest BCUT2D eigenvalue weighted by Gasteiger charge is 2.12. The molecule has 98 valence electrons. The number of nitrogens with zero attached hydrogens (tertiary/aromatic N) is 2. The standard InChI is InChI=1S/C12H7Cl2FN2O2/c13-9-5-16-17(12(19)11(9)14)6-10(18)7-1-3-8(15)4-2-7/h1-5H,6H2. The first-order valence-electron chi connectivity index (χ1n) is 5.19. The van der Waals surface area contributed by atoms with E-state index in [4.69, 9.17) is 23.2 Å². The quantitative estimate of drug-likeness (QED) is 0.819. The number of hydrogen-bond acceptors (Lipinski definition) is 3. The number of aromatic nitrogens is 2. The second kappa shape index (κ2) is 5.50. The Morgan fingerprint density at radius 1 is 1.26 bits per heavy atom. The summed E-state index contributed by atoms with van der Waals surface area (Å²) in [5.74, 6) is -0.825. The molecule has 0 radical (unpaired) electrons. The van der Waals surface area contributed by atoms with Crippen LogP contribution in [0.15, 0.2) is 35.3 Å². The van der Waals surface area contributed by atoms with Crippen molar-refractivity contribution in [1.29, 1.82) is 0 Å². The number of ketones is 1. The molecule has 4 nitrogen and oxygen atoms in total. The van der Waals surface area contributed by atoms with Crippen molar-refractivity contribution in [3.63, 3.8) is 0 Å². The van der Waals surface area contributed by atoms with Crippen molar-refractivity contribution < 1.29 is 9.18 Å². The summed E-state index contributed by atoms with van der Waals surface area (Å²) >= 11 is 11.3. The molecule has 19 heavy (non-hydrogen) atoms. The van der Waals surface area contributed by atoms with E-state index in [0.717, 1.165) is 16.8 Å². The van der Waals surface area contributed by atoms with Gasteiger partial charge in [0.05, 0.1) is 11.2 Å². The molecule has 0 bridgehead atoms. The van der Waals surface area contributed by atoms with Crippen molar-refractivity contribution in [2.75, 3.05) is 0 Å². The lowest BCUT2D eigenvalue weighted by molar-refractivity contribution is 0.0965. The fourth-order valence-corrected chi connectivity index (χ4v) is 1.69. The monoisotopic (exact) mass is 300 g/mol. The number of hydrogen-bond donors (Lipinski definition) is 0. The molecule has 0 saturated carbocycles. The second-order valence-electron chi connectivity index (χ2n) is 3.70. The van der Waals surface area contributed by atoms with Crippen LogP contribution in [0.25, 0.3) is 0 Å². The van der Waals surface area contributed by atoms with Crippen molar-refractivity contribution in [2.45, 2.75) is 6.54 Å². The highest BCUT2D eigenvalue weighted by Crippen LogP contribution is 2.14. The number of halogens is 3. The highest BCUT2D eigenvalue weighted by molar-refractivity contribution is 6.41. The molecular weight excluding hydrogens is 294 g/mol. The lowest BCUT2D eigenvalue weighted by Crippen LogP contribution is -2.27. The Hall–Kier alpha value is -1.72. The Labute approximate surface area is 117 Å². The summed E-state index contributed by atoms with van der Waals surface area (Å²) in [4.78, 5) is 23.6. The van der Waals surface area contributed by atoms with Gasteiger partial charge in [0, 0.05) is 5.56 Å². The Bertz CT molecular complexity index is 683. The molecule has 0 amide bonds. The van der Waals surface area contributed by atoms with E-state index < -0.39 is 11.4 Å². The minimum absolute atomic E-state index is 0.0251. The summed E-state index contributed by atoms with van der Waals surface area (Å²) in [6, 6.07) is 5.00. The Balaban J connectivity index is 2.27. The van der Waals surface area contributed by atoms with E-state index >= 15 is 0 Å². The van der Waals surface area contributed by atoms with Crippen LogP contribution >= 0.6 is 23.2 Å². The van der Waals surface area contributed by atoms with E-state index in [1.807, 2.05) is 0 Å². The first-order valence-corrected chi connectivity index (χ1v) is 5.94. The molecule has 0 aliphatic carbocycles. The van der Waals surface area contributed by atoms with Crippen molar-refractivity contribution >= 4 is 29.0 Å². The minimum atomic E-state index is -0.648. The highest BCUT2D eigenvalue weighted by atomic mass is 35.5. The molecule has 0 atom stereocenters. The molecular formula is C12H7Cl2FN2O2. The fraction of sp³-hybridized carbons (Fsp3) is 0.0833. The SMILES string of the molecule is O=C(Cn1ncc(Cl)c(Cl)c1=O)c1ccc(F)cc1. The van der Waals surface area contributed by atoms with Gasteiger partial charge in [0.15, 0.2) is 5.78 Å². The molecule has 2 aromatic rings. The van der Waals surface area contributed by atoms with Crippen molar-refractivity contribution in [1.82, 2.24) is 9.78 Å². The molecule has 7 heteroatoms. The van der Waals surface area contributed by atoms with Gasteiger partial charge in [0.25, 0.3) is 5.56 Å². The first-order chi connectivity index (χ1) is 8.99. The summed E-state index contributed by atoms with van der Waals surface area (Å²) in [6.07, 6.45) is 1.18. The Morgan fingerprint density at radius 3 is 2.53 bits per heavy atom. The third kappa shape index (κ3) is 3.00. The summed E-state index contributed by atoms with van der Waals surface area (Å²) in [6.45, 7) is -0.290. The zero-order chi connectivity index (χ0) is 14.0. The molecule has 0 saturated heterocycles. The predicted octanol–water partition coefficient (Wildman–Crippen LogP) is 2.57. The Morgan fingerprint density at radius 2 is 1.89 bits per heavy atom. The summed E-state index contributed by atoms with van der Waals surface area (Å²) < 4.78 is 13.6. The van der Waals surface area contributed by atoms with E-state index in [1.54, 1.807) is 0 Å². The molecule has 1 aromatic heterocycles. The predicted molar refractivity (Wildman–Crippen MR) is 69.2 cm³/mol. The average molecular weight is 301 g/mol. The molecule has 0 unspecified atom stereocenters. The van der Waals surface area contributed by atoms with Crippen LogP contribution in [0, 0.1) is 5.82 Å². The van der Waals surface area contributed by atoms with Gasteiger partial charge >= 0.3 is 0 Å². The van der Waals surface area contributed by atoms with Gasteiger partial charge in [-0.15, -0.1) is 0 Å². The van der Waals surface area contributed by atoms with Gasteiger partial charge in [-0.1, -0.05) is 23.2 Å². The molecule has 0 fully saturated rings. The molecule has 0 aliphatic heterocycles. The van der Waals surface area contributed by atoms with E-state index in [9.17, 15) is 14.0 Å². The van der Waals surface area contributed by atoms with Crippen molar-refractivity contribution in [2.24, 2.45) is 0 Å². The normalized spacial score (nSPS) is 10.5. The van der Waals surface area contributed by atoms with Crippen LogP contribution in [0.1, 0.15) is 10.4 Å². The van der Waals surface area contributed by atoms with Crippen LogP contribution in [0.5, 0.6) is 0 Å². The van der Waals surface area contributed by atoms with Gasteiger partial charge in [-0.25, -0.2) is 9.07 Å². The van der Waals surface area contributed by atoms with Gasteiger partial charge in [-0.2, -0.15) is 5.10 Å². The molecule has 1 aromatic carbocycles. The maximum absolute atomic E-state index is 12.7. The van der Waals surface area contributed by atoms with Crippen LogP contribution < -0.4 is 5.56 Å². The van der Waals surface area contributed by atoms with Gasteiger partial charge < -0.3 is 0 Å². The zero-order valence-corrected chi connectivity index (χ0v) is 11.0. The molecule has 0 spiro atoms. The smallest absolute Gasteiger partial charge is 0.287 e. The van der Waals surface area contributed by atoms with E-state index in [-0.39, 0.29) is 27.9 Å². The van der Waals surface area contributed by atoms with Gasteiger partial charge in [0.1, 0.15) is 17.4 Å². The maximum atomic E-state index is 12.7. The largest absolute Gasteiger partial charge is 0.292 e. The maximum Gasteiger partial charge on any atom is 0.287 e. The summed E-state index contributed by atoms with van der Waals surface area (Å²) in [5.41, 5.74) is -0.370. The third-order valence-corrected chi connectivity index (χ3v) is 3.15. The van der Waals surface area contributed by atoms with E-state index in [1.165, 1.54) is 18.3 Å². The topological polar surface area (TPSA) is 52.0 Å². The number of benzene rings is 1. The van der Waals surface area contributed by atoms with Crippen LogP contribution in [0.4, 0.5) is 4.39 Å². The molecule has 0 aliphatic rings. The molecule has 2 rings (SSSR count). The number of carbonyl (C=O) groups excluding carboxylic acids is 1. The second-order valence-corrected chi connectivity index (χ2v) is 4.48. The Kier molecular flexibility index (Phi) is 3.97. The fourth-order valence-electron chi connectivity index (χ4n) is 1.42. The lowest BCUT2D eigenvalue weighted by Gasteiger charge is -2.05. The first kappa shape index (κ1) is 13.7. The molecule has 1 heterocycles. The molecule has 0 N–H and O–H groups in total. The summed E-state index contributed by atoms with van der Waals surface area (Å²) in [5, 5.41) is 3.55.